The lowest BCUT2D eigenvalue weighted by molar-refractivity contribution is -0.187. The van der Waals surface area contributed by atoms with Crippen molar-refractivity contribution in [1.82, 2.24) is 4.90 Å². The van der Waals surface area contributed by atoms with Gasteiger partial charge in [0.1, 0.15) is 12.4 Å². The van der Waals surface area contributed by atoms with Gasteiger partial charge in [0.15, 0.2) is 0 Å². The van der Waals surface area contributed by atoms with Gasteiger partial charge in [0, 0.05) is 18.0 Å². The number of benzene rings is 1. The third-order valence-corrected chi connectivity index (χ3v) is 4.59. The standard InChI is InChI=1S/C17H21ClF3NO2/c1-22(8-9-24-15-7-3-6-14(18)11-15)16(23)12-4-2-5-13(10-12)17(19,20)21/h3,6-7,11-13H,2,4-5,8-10H2,1H3. The highest BCUT2D eigenvalue weighted by Crippen LogP contribution is 2.40. The summed E-state index contributed by atoms with van der Waals surface area (Å²) in [6.45, 7) is 0.580. The van der Waals surface area contributed by atoms with Crippen molar-refractivity contribution in [3.05, 3.63) is 29.3 Å². The van der Waals surface area contributed by atoms with Crippen LogP contribution in [0.3, 0.4) is 0 Å². The van der Waals surface area contributed by atoms with Gasteiger partial charge >= 0.3 is 6.18 Å². The highest BCUT2D eigenvalue weighted by atomic mass is 35.5. The van der Waals surface area contributed by atoms with Crippen LogP contribution in [0.25, 0.3) is 0 Å². The SMILES string of the molecule is CN(CCOc1cccc(Cl)c1)C(=O)C1CCCC(C(F)(F)F)C1. The second kappa shape index (κ2) is 8.10. The van der Waals surface area contributed by atoms with E-state index < -0.39 is 18.0 Å². The molecule has 1 aliphatic rings. The van der Waals surface area contributed by atoms with Gasteiger partial charge in [-0.3, -0.25) is 4.79 Å². The molecule has 0 N–H and O–H groups in total. The van der Waals surface area contributed by atoms with Crippen LogP contribution in [0.4, 0.5) is 13.2 Å². The van der Waals surface area contributed by atoms with E-state index in [-0.39, 0.29) is 25.4 Å². The van der Waals surface area contributed by atoms with E-state index in [4.69, 9.17) is 16.3 Å². The molecule has 0 radical (unpaired) electrons. The number of rotatable bonds is 5. The lowest BCUT2D eigenvalue weighted by Crippen LogP contribution is -2.39. The zero-order valence-corrected chi connectivity index (χ0v) is 14.2. The molecule has 0 aliphatic heterocycles. The number of alkyl halides is 3. The summed E-state index contributed by atoms with van der Waals surface area (Å²) in [5.41, 5.74) is 0. The molecule has 1 amide bonds. The van der Waals surface area contributed by atoms with Crippen LogP contribution in [0.1, 0.15) is 25.7 Å². The predicted molar refractivity (Wildman–Crippen MR) is 86.1 cm³/mol. The van der Waals surface area contributed by atoms with E-state index in [0.29, 0.717) is 30.2 Å². The van der Waals surface area contributed by atoms with E-state index in [1.807, 2.05) is 0 Å². The maximum atomic E-state index is 12.8. The molecule has 0 bridgehead atoms. The average Bonchev–Trinajstić information content (AvgIpc) is 2.53. The van der Waals surface area contributed by atoms with Crippen molar-refractivity contribution in [2.24, 2.45) is 11.8 Å². The Balaban J connectivity index is 1.81. The van der Waals surface area contributed by atoms with Gasteiger partial charge in [0.2, 0.25) is 5.91 Å². The van der Waals surface area contributed by atoms with Gasteiger partial charge in [-0.25, -0.2) is 0 Å². The maximum Gasteiger partial charge on any atom is 0.391 e. The summed E-state index contributed by atoms with van der Waals surface area (Å²) in [5.74, 6) is -1.56. The first-order chi connectivity index (χ1) is 11.3. The average molecular weight is 364 g/mol. The summed E-state index contributed by atoms with van der Waals surface area (Å²) < 4.78 is 44.1. The van der Waals surface area contributed by atoms with E-state index in [2.05, 4.69) is 0 Å². The number of carbonyl (C=O) groups excluding carboxylic acids is 1. The summed E-state index contributed by atoms with van der Waals surface area (Å²) in [6, 6.07) is 6.90. The fourth-order valence-corrected chi connectivity index (χ4v) is 3.17. The van der Waals surface area contributed by atoms with Crippen molar-refractivity contribution in [1.29, 1.82) is 0 Å². The van der Waals surface area contributed by atoms with Gasteiger partial charge in [-0.05, 0) is 37.5 Å². The minimum atomic E-state index is -4.22. The maximum absolute atomic E-state index is 12.8. The van der Waals surface area contributed by atoms with Crippen molar-refractivity contribution < 1.29 is 22.7 Å². The zero-order chi connectivity index (χ0) is 17.7. The highest BCUT2D eigenvalue weighted by Gasteiger charge is 2.43. The van der Waals surface area contributed by atoms with Gasteiger partial charge in [-0.1, -0.05) is 24.1 Å². The summed E-state index contributed by atoms with van der Waals surface area (Å²) in [5, 5.41) is 0.553. The highest BCUT2D eigenvalue weighted by molar-refractivity contribution is 6.30. The number of ether oxygens (including phenoxy) is 1. The van der Waals surface area contributed by atoms with Gasteiger partial charge in [0.05, 0.1) is 12.5 Å². The lowest BCUT2D eigenvalue weighted by atomic mass is 9.80. The number of hydrogen-bond acceptors (Lipinski definition) is 2. The van der Waals surface area contributed by atoms with Crippen LogP contribution >= 0.6 is 11.6 Å². The predicted octanol–water partition coefficient (Wildman–Crippen LogP) is 4.55. The van der Waals surface area contributed by atoms with E-state index in [1.54, 1.807) is 31.3 Å². The third kappa shape index (κ3) is 5.30. The van der Waals surface area contributed by atoms with Gasteiger partial charge in [-0.15, -0.1) is 0 Å². The zero-order valence-electron chi connectivity index (χ0n) is 13.5. The summed E-state index contributed by atoms with van der Waals surface area (Å²) >= 11 is 5.85. The van der Waals surface area contributed by atoms with Gasteiger partial charge < -0.3 is 9.64 Å². The van der Waals surface area contributed by atoms with Crippen molar-refractivity contribution in [3.8, 4) is 5.75 Å². The number of likely N-dealkylation sites (N-methyl/N-ethyl adjacent to an activating group) is 1. The molecule has 1 fully saturated rings. The summed E-state index contributed by atoms with van der Waals surface area (Å²) in [4.78, 5) is 13.8. The fraction of sp³-hybridized carbons (Fsp3) is 0.588. The topological polar surface area (TPSA) is 29.5 Å². The molecule has 0 saturated heterocycles. The number of nitrogens with zero attached hydrogens (tertiary/aromatic N) is 1. The molecule has 0 aromatic heterocycles. The molecule has 1 saturated carbocycles. The first-order valence-corrected chi connectivity index (χ1v) is 8.35. The molecule has 2 rings (SSSR count). The quantitative estimate of drug-likeness (QED) is 0.768. The monoisotopic (exact) mass is 363 g/mol. The molecule has 2 atom stereocenters. The number of carbonyl (C=O) groups is 1. The Kier molecular flexibility index (Phi) is 6.38. The van der Waals surface area contributed by atoms with Crippen molar-refractivity contribution in [3.63, 3.8) is 0 Å². The lowest BCUT2D eigenvalue weighted by Gasteiger charge is -2.32. The molecule has 2 unspecified atom stereocenters. The van der Waals surface area contributed by atoms with Crippen LogP contribution in [0.15, 0.2) is 24.3 Å². The molecule has 3 nitrogen and oxygen atoms in total. The Morgan fingerprint density at radius 1 is 1.38 bits per heavy atom. The molecule has 0 heterocycles. The smallest absolute Gasteiger partial charge is 0.391 e. The molecule has 7 heteroatoms. The second-order valence-corrected chi connectivity index (χ2v) is 6.60. The van der Waals surface area contributed by atoms with E-state index in [0.717, 1.165) is 0 Å². The Morgan fingerprint density at radius 3 is 2.79 bits per heavy atom. The Bertz CT molecular complexity index is 565. The van der Waals surface area contributed by atoms with Crippen LogP contribution in [-0.4, -0.2) is 37.2 Å². The van der Waals surface area contributed by atoms with Crippen LogP contribution in [0, 0.1) is 11.8 Å². The van der Waals surface area contributed by atoms with E-state index in [9.17, 15) is 18.0 Å². The molecular weight excluding hydrogens is 343 g/mol. The van der Waals surface area contributed by atoms with E-state index >= 15 is 0 Å². The molecule has 0 spiro atoms. The fourth-order valence-electron chi connectivity index (χ4n) is 2.99. The Hall–Kier alpha value is -1.43. The molecular formula is C17H21ClF3NO2. The van der Waals surface area contributed by atoms with Crippen LogP contribution in [0.5, 0.6) is 5.75 Å². The largest absolute Gasteiger partial charge is 0.492 e. The van der Waals surface area contributed by atoms with Gasteiger partial charge in [0.25, 0.3) is 0 Å². The van der Waals surface area contributed by atoms with Crippen LogP contribution < -0.4 is 4.74 Å². The normalized spacial score (nSPS) is 21.4. The number of hydrogen-bond donors (Lipinski definition) is 0. The molecule has 24 heavy (non-hydrogen) atoms. The van der Waals surface area contributed by atoms with Crippen LogP contribution in [-0.2, 0) is 4.79 Å². The first-order valence-electron chi connectivity index (χ1n) is 7.97. The van der Waals surface area contributed by atoms with Crippen molar-refractivity contribution in [2.45, 2.75) is 31.9 Å². The molecule has 1 aromatic carbocycles. The minimum absolute atomic E-state index is 0.109. The van der Waals surface area contributed by atoms with Crippen LogP contribution in [0.2, 0.25) is 5.02 Å². The van der Waals surface area contributed by atoms with Crippen molar-refractivity contribution >= 4 is 17.5 Å². The molecule has 1 aromatic rings. The molecule has 1 aliphatic carbocycles. The summed E-state index contributed by atoms with van der Waals surface area (Å²) in [6.07, 6.45) is -3.25. The Morgan fingerprint density at radius 2 is 2.12 bits per heavy atom. The third-order valence-electron chi connectivity index (χ3n) is 4.35. The molecule has 134 valence electrons. The number of halogens is 4. The second-order valence-electron chi connectivity index (χ2n) is 6.17. The number of amides is 1. The van der Waals surface area contributed by atoms with E-state index in [1.165, 1.54) is 4.90 Å². The first kappa shape index (κ1) is 18.9. The van der Waals surface area contributed by atoms with Crippen molar-refractivity contribution in [2.75, 3.05) is 20.2 Å². The minimum Gasteiger partial charge on any atom is -0.492 e. The van der Waals surface area contributed by atoms with Gasteiger partial charge in [-0.2, -0.15) is 13.2 Å². The Labute approximate surface area is 144 Å². The summed E-state index contributed by atoms with van der Waals surface area (Å²) in [7, 11) is 1.60.